The van der Waals surface area contributed by atoms with E-state index >= 15 is 0 Å². The van der Waals surface area contributed by atoms with Crippen LogP contribution >= 0.6 is 0 Å². The first-order chi connectivity index (χ1) is 13.1. The van der Waals surface area contributed by atoms with Crippen molar-refractivity contribution in [2.45, 2.75) is 19.9 Å². The Balaban J connectivity index is 1.58. The van der Waals surface area contributed by atoms with Crippen molar-refractivity contribution in [2.24, 2.45) is 5.92 Å². The van der Waals surface area contributed by atoms with Crippen molar-refractivity contribution in [2.75, 3.05) is 39.5 Å². The molecule has 1 saturated heterocycles. The van der Waals surface area contributed by atoms with Gasteiger partial charge in [-0.2, -0.15) is 0 Å². The number of benzene rings is 1. The minimum atomic E-state index is -0.102. The Morgan fingerprint density at radius 2 is 1.93 bits per heavy atom. The Kier molecular flexibility index (Phi) is 6.90. The van der Waals surface area contributed by atoms with Gasteiger partial charge >= 0.3 is 0 Å². The Hall–Kier alpha value is -2.31. The maximum atomic E-state index is 12.6. The summed E-state index contributed by atoms with van der Waals surface area (Å²) in [6.07, 6.45) is 1.67. The molecule has 1 N–H and O–H groups in total. The van der Waals surface area contributed by atoms with E-state index in [0.717, 1.165) is 24.6 Å². The van der Waals surface area contributed by atoms with Crippen LogP contribution in [0.2, 0.25) is 0 Å². The van der Waals surface area contributed by atoms with Crippen LogP contribution in [0.5, 0.6) is 5.75 Å². The molecule has 6 nitrogen and oxygen atoms in total. The zero-order valence-corrected chi connectivity index (χ0v) is 16.0. The maximum Gasteiger partial charge on any atom is 0.251 e. The number of morpholine rings is 1. The second-order valence-electron chi connectivity index (χ2n) is 7.12. The minimum absolute atomic E-state index is 0.00139. The molecule has 1 amide bonds. The SMILES string of the molecule is CC(C)COc1ccc(C(=O)NCC(c2ccco2)N2CCOCC2)cc1. The van der Waals surface area contributed by atoms with E-state index in [-0.39, 0.29) is 11.9 Å². The van der Waals surface area contributed by atoms with Crippen molar-refractivity contribution in [1.82, 2.24) is 10.2 Å². The number of ether oxygens (including phenoxy) is 2. The summed E-state index contributed by atoms with van der Waals surface area (Å²) in [5.74, 6) is 2.00. The summed E-state index contributed by atoms with van der Waals surface area (Å²) in [6.45, 7) is 8.39. The Labute approximate surface area is 160 Å². The number of furan rings is 1. The zero-order chi connectivity index (χ0) is 19.1. The summed E-state index contributed by atoms with van der Waals surface area (Å²) < 4.78 is 16.7. The van der Waals surface area contributed by atoms with Crippen LogP contribution in [0.25, 0.3) is 0 Å². The quantitative estimate of drug-likeness (QED) is 0.771. The topological polar surface area (TPSA) is 63.9 Å². The largest absolute Gasteiger partial charge is 0.493 e. The van der Waals surface area contributed by atoms with Gasteiger partial charge in [-0.1, -0.05) is 13.8 Å². The molecule has 1 unspecified atom stereocenters. The van der Waals surface area contributed by atoms with Crippen molar-refractivity contribution < 1.29 is 18.7 Å². The molecule has 0 spiro atoms. The lowest BCUT2D eigenvalue weighted by Gasteiger charge is -2.33. The molecule has 6 heteroatoms. The number of nitrogens with zero attached hydrogens (tertiary/aromatic N) is 1. The van der Waals surface area contributed by atoms with Gasteiger partial charge in [0.15, 0.2) is 0 Å². The molecule has 0 bridgehead atoms. The molecule has 0 radical (unpaired) electrons. The number of rotatable bonds is 8. The van der Waals surface area contributed by atoms with Crippen LogP contribution in [0.4, 0.5) is 0 Å². The van der Waals surface area contributed by atoms with Crippen LogP contribution in [-0.2, 0) is 4.74 Å². The number of amides is 1. The third-order valence-electron chi connectivity index (χ3n) is 4.51. The van der Waals surface area contributed by atoms with Crippen LogP contribution in [-0.4, -0.2) is 50.3 Å². The number of carbonyl (C=O) groups excluding carboxylic acids is 1. The van der Waals surface area contributed by atoms with Crippen molar-refractivity contribution in [3.05, 3.63) is 54.0 Å². The highest BCUT2D eigenvalue weighted by Crippen LogP contribution is 2.22. The van der Waals surface area contributed by atoms with Gasteiger partial charge in [-0.15, -0.1) is 0 Å². The predicted octanol–water partition coefficient (Wildman–Crippen LogP) is 3.12. The highest BCUT2D eigenvalue weighted by molar-refractivity contribution is 5.94. The Morgan fingerprint density at radius 3 is 2.56 bits per heavy atom. The van der Waals surface area contributed by atoms with Crippen molar-refractivity contribution in [3.63, 3.8) is 0 Å². The van der Waals surface area contributed by atoms with E-state index in [1.807, 2.05) is 24.3 Å². The molecule has 1 aromatic carbocycles. The second kappa shape index (κ2) is 9.58. The monoisotopic (exact) mass is 372 g/mol. The molecule has 146 valence electrons. The van der Waals surface area contributed by atoms with E-state index in [1.165, 1.54) is 0 Å². The molecule has 3 rings (SSSR count). The van der Waals surface area contributed by atoms with E-state index in [9.17, 15) is 4.79 Å². The lowest BCUT2D eigenvalue weighted by atomic mass is 10.1. The third-order valence-corrected chi connectivity index (χ3v) is 4.51. The predicted molar refractivity (Wildman–Crippen MR) is 103 cm³/mol. The first-order valence-electron chi connectivity index (χ1n) is 9.49. The zero-order valence-electron chi connectivity index (χ0n) is 16.0. The van der Waals surface area contributed by atoms with Gasteiger partial charge in [-0.3, -0.25) is 9.69 Å². The summed E-state index contributed by atoms with van der Waals surface area (Å²) in [5, 5.41) is 3.03. The third kappa shape index (κ3) is 5.58. The molecule has 1 fully saturated rings. The van der Waals surface area contributed by atoms with Gasteiger partial charge in [0.2, 0.25) is 0 Å². The summed E-state index contributed by atoms with van der Waals surface area (Å²) in [7, 11) is 0. The van der Waals surface area contributed by atoms with E-state index in [1.54, 1.807) is 18.4 Å². The molecule has 1 aromatic heterocycles. The number of nitrogens with one attached hydrogen (secondary N) is 1. The van der Waals surface area contributed by atoms with Gasteiger partial charge in [0.05, 0.1) is 32.1 Å². The molecule has 1 atom stereocenters. The van der Waals surface area contributed by atoms with Gasteiger partial charge in [0, 0.05) is 25.2 Å². The molecular formula is C21H28N2O4. The molecule has 2 aromatic rings. The highest BCUT2D eigenvalue weighted by Gasteiger charge is 2.25. The summed E-state index contributed by atoms with van der Waals surface area (Å²) in [4.78, 5) is 14.8. The van der Waals surface area contributed by atoms with Crippen molar-refractivity contribution in [3.8, 4) is 5.75 Å². The number of hydrogen-bond acceptors (Lipinski definition) is 5. The normalized spacial score (nSPS) is 16.3. The average molecular weight is 372 g/mol. The molecular weight excluding hydrogens is 344 g/mol. The van der Waals surface area contributed by atoms with Gasteiger partial charge in [0.25, 0.3) is 5.91 Å². The summed E-state index contributed by atoms with van der Waals surface area (Å²) in [5.41, 5.74) is 0.618. The van der Waals surface area contributed by atoms with Crippen LogP contribution in [0.1, 0.15) is 36.0 Å². The van der Waals surface area contributed by atoms with E-state index in [2.05, 4.69) is 24.1 Å². The fourth-order valence-corrected chi connectivity index (χ4v) is 3.04. The van der Waals surface area contributed by atoms with Gasteiger partial charge < -0.3 is 19.2 Å². The minimum Gasteiger partial charge on any atom is -0.493 e. The fraction of sp³-hybridized carbons (Fsp3) is 0.476. The molecule has 1 aliphatic heterocycles. The van der Waals surface area contributed by atoms with Gasteiger partial charge in [-0.05, 0) is 42.3 Å². The molecule has 1 aliphatic rings. The molecule has 0 saturated carbocycles. The summed E-state index contributed by atoms with van der Waals surface area (Å²) >= 11 is 0. The van der Waals surface area contributed by atoms with Gasteiger partial charge in [0.1, 0.15) is 11.5 Å². The van der Waals surface area contributed by atoms with Crippen LogP contribution in [0, 0.1) is 5.92 Å². The lowest BCUT2D eigenvalue weighted by molar-refractivity contribution is 0.0118. The van der Waals surface area contributed by atoms with Gasteiger partial charge in [-0.25, -0.2) is 0 Å². The molecule has 0 aliphatic carbocycles. The van der Waals surface area contributed by atoms with Crippen LogP contribution in [0.3, 0.4) is 0 Å². The highest BCUT2D eigenvalue weighted by atomic mass is 16.5. The van der Waals surface area contributed by atoms with Crippen molar-refractivity contribution >= 4 is 5.91 Å². The van der Waals surface area contributed by atoms with E-state index in [0.29, 0.717) is 37.8 Å². The number of carbonyl (C=O) groups is 1. The van der Waals surface area contributed by atoms with Crippen molar-refractivity contribution in [1.29, 1.82) is 0 Å². The second-order valence-corrected chi connectivity index (χ2v) is 7.12. The smallest absolute Gasteiger partial charge is 0.251 e. The van der Waals surface area contributed by atoms with Crippen LogP contribution < -0.4 is 10.1 Å². The fourth-order valence-electron chi connectivity index (χ4n) is 3.04. The first kappa shape index (κ1) is 19.5. The standard InChI is InChI=1S/C21H28N2O4/c1-16(2)15-27-18-7-5-17(6-8-18)21(24)22-14-19(20-4-3-11-26-20)23-9-12-25-13-10-23/h3-8,11,16,19H,9-10,12-15H2,1-2H3,(H,22,24). The van der Waals surface area contributed by atoms with E-state index < -0.39 is 0 Å². The van der Waals surface area contributed by atoms with Crippen LogP contribution in [0.15, 0.2) is 47.1 Å². The summed E-state index contributed by atoms with van der Waals surface area (Å²) in [6, 6.07) is 11.1. The lowest BCUT2D eigenvalue weighted by Crippen LogP contribution is -2.43. The Morgan fingerprint density at radius 1 is 1.19 bits per heavy atom. The van der Waals surface area contributed by atoms with E-state index in [4.69, 9.17) is 13.9 Å². The number of hydrogen-bond donors (Lipinski definition) is 1. The first-order valence-corrected chi connectivity index (χ1v) is 9.49. The molecule has 27 heavy (non-hydrogen) atoms. The average Bonchev–Trinajstić information content (AvgIpc) is 3.22. The maximum absolute atomic E-state index is 12.6. The Bertz CT molecular complexity index is 691. The molecule has 2 heterocycles.